The minimum absolute atomic E-state index is 0.184. The smallest absolute Gasteiger partial charge is 0.422 e. The third-order valence-electron chi connectivity index (χ3n) is 2.27. The van der Waals surface area contributed by atoms with Crippen molar-refractivity contribution in [3.05, 3.63) is 0 Å². The summed E-state index contributed by atoms with van der Waals surface area (Å²) in [6.45, 7) is 1.10. The molecule has 0 rings (SSSR count). The van der Waals surface area contributed by atoms with E-state index in [4.69, 9.17) is 5.11 Å². The van der Waals surface area contributed by atoms with Crippen LogP contribution in [0.4, 0.5) is 31.1 Å². The first-order chi connectivity index (χ1) is 8.69. The number of aliphatic carboxylic acids is 1. The van der Waals surface area contributed by atoms with Crippen molar-refractivity contribution in [1.82, 2.24) is 10.6 Å². The van der Waals surface area contributed by atoms with Crippen molar-refractivity contribution in [2.75, 3.05) is 0 Å². The highest BCUT2D eigenvalue weighted by atomic mass is 19.4. The maximum Gasteiger partial charge on any atom is 0.422 e. The van der Waals surface area contributed by atoms with Crippen molar-refractivity contribution in [2.45, 2.75) is 44.2 Å². The fourth-order valence-electron chi connectivity index (χ4n) is 1.13. The Kier molecular flexibility index (Phi) is 5.27. The van der Waals surface area contributed by atoms with Gasteiger partial charge in [-0.3, -0.25) is 0 Å². The number of urea groups is 1. The number of carbonyl (C=O) groups excluding carboxylic acids is 1. The van der Waals surface area contributed by atoms with Crippen LogP contribution in [0, 0.1) is 0 Å². The molecule has 0 aliphatic carbocycles. The summed E-state index contributed by atoms with van der Waals surface area (Å²) in [5, 5.41) is 11.2. The van der Waals surface area contributed by atoms with E-state index in [9.17, 15) is 35.9 Å². The van der Waals surface area contributed by atoms with Crippen LogP contribution in [0.2, 0.25) is 0 Å². The molecule has 0 aliphatic heterocycles. The van der Waals surface area contributed by atoms with Gasteiger partial charge >= 0.3 is 24.4 Å². The predicted octanol–water partition coefficient (Wildman–Crippen LogP) is 2.03. The van der Waals surface area contributed by atoms with Gasteiger partial charge in [-0.05, 0) is 13.8 Å². The van der Waals surface area contributed by atoms with Crippen molar-refractivity contribution in [2.24, 2.45) is 0 Å². The summed E-state index contributed by atoms with van der Waals surface area (Å²) < 4.78 is 73.5. The Bertz CT molecular complexity index is 381. The van der Waals surface area contributed by atoms with Crippen molar-refractivity contribution in [3.8, 4) is 0 Å². The van der Waals surface area contributed by atoms with Gasteiger partial charge in [0.2, 0.25) is 5.54 Å². The fourth-order valence-corrected chi connectivity index (χ4v) is 1.13. The summed E-state index contributed by atoms with van der Waals surface area (Å²) in [5.41, 5.74) is -3.60. The highest BCUT2D eigenvalue weighted by molar-refractivity contribution is 5.86. The molecule has 0 heterocycles. The van der Waals surface area contributed by atoms with Crippen molar-refractivity contribution >= 4 is 12.0 Å². The summed E-state index contributed by atoms with van der Waals surface area (Å²) in [4.78, 5) is 21.7. The normalized spacial score (nSPS) is 17.0. The lowest BCUT2D eigenvalue weighted by Crippen LogP contribution is -2.64. The van der Waals surface area contributed by atoms with Crippen molar-refractivity contribution in [3.63, 3.8) is 0 Å². The number of halogens is 6. The minimum atomic E-state index is -5.32. The third kappa shape index (κ3) is 5.13. The second kappa shape index (κ2) is 5.75. The Hall–Kier alpha value is -1.68. The van der Waals surface area contributed by atoms with Gasteiger partial charge in [-0.2, -0.15) is 26.3 Å². The van der Waals surface area contributed by atoms with E-state index in [2.05, 4.69) is 0 Å². The van der Waals surface area contributed by atoms with Crippen molar-refractivity contribution < 1.29 is 41.0 Å². The van der Waals surface area contributed by atoms with Gasteiger partial charge in [0.05, 0.1) is 6.42 Å². The zero-order valence-corrected chi connectivity index (χ0v) is 10.3. The van der Waals surface area contributed by atoms with Crippen LogP contribution >= 0.6 is 0 Å². The maximum absolute atomic E-state index is 12.5. The lowest BCUT2D eigenvalue weighted by atomic mass is 10.0. The number of hydrogen-bond donors (Lipinski definition) is 3. The number of hydrogen-bond acceptors (Lipinski definition) is 2. The molecule has 0 saturated carbocycles. The number of rotatable bonds is 4. The molecule has 0 radical (unpaired) electrons. The first-order valence-electron chi connectivity index (χ1n) is 5.14. The van der Waals surface area contributed by atoms with E-state index in [1.165, 1.54) is 0 Å². The van der Waals surface area contributed by atoms with Gasteiger partial charge < -0.3 is 15.7 Å². The van der Waals surface area contributed by atoms with Gasteiger partial charge in [0.15, 0.2) is 0 Å². The molecule has 0 aliphatic rings. The standard InChI is InChI=1S/C9H12F6N2O3/c1-4(3-8(10,11)12)16-6(20)17-7(2,5(18)19)9(13,14)15/h4H,3H2,1-2H3,(H,18,19)(H2,16,17,20). The first kappa shape index (κ1) is 18.3. The molecule has 3 N–H and O–H groups in total. The number of nitrogens with one attached hydrogen (secondary N) is 2. The average molecular weight is 310 g/mol. The molecule has 2 unspecified atom stereocenters. The van der Waals surface area contributed by atoms with E-state index >= 15 is 0 Å². The molecule has 0 bridgehead atoms. The largest absolute Gasteiger partial charge is 0.479 e. The SMILES string of the molecule is CC(CC(F)(F)F)NC(=O)NC(C)(C(=O)O)C(F)(F)F. The van der Waals surface area contributed by atoms with Gasteiger partial charge in [-0.1, -0.05) is 0 Å². The summed E-state index contributed by atoms with van der Waals surface area (Å²) in [6, 6.07) is -3.18. The van der Waals surface area contributed by atoms with Crippen LogP contribution in [0.25, 0.3) is 0 Å². The number of carbonyl (C=O) groups is 2. The van der Waals surface area contributed by atoms with Crippen molar-refractivity contribution in [1.29, 1.82) is 0 Å². The highest BCUT2D eigenvalue weighted by Crippen LogP contribution is 2.30. The van der Waals surface area contributed by atoms with Crippen LogP contribution in [-0.4, -0.2) is 41.0 Å². The van der Waals surface area contributed by atoms with Gasteiger partial charge in [-0.25, -0.2) is 9.59 Å². The molecule has 2 amide bonds. The van der Waals surface area contributed by atoms with E-state index < -0.39 is 42.4 Å². The van der Waals surface area contributed by atoms with E-state index in [0.717, 1.165) is 12.2 Å². The zero-order chi connectivity index (χ0) is 16.4. The van der Waals surface area contributed by atoms with Gasteiger partial charge in [-0.15, -0.1) is 0 Å². The Balaban J connectivity index is 4.78. The molecule has 0 aromatic carbocycles. The van der Waals surface area contributed by atoms with Gasteiger partial charge in [0, 0.05) is 6.04 Å². The van der Waals surface area contributed by atoms with Gasteiger partial charge in [0.25, 0.3) is 0 Å². The number of carboxylic acids is 1. The maximum atomic E-state index is 12.5. The second-order valence-electron chi connectivity index (χ2n) is 4.25. The topological polar surface area (TPSA) is 78.4 Å². The van der Waals surface area contributed by atoms with Crippen LogP contribution in [0.3, 0.4) is 0 Å². The quantitative estimate of drug-likeness (QED) is 0.695. The average Bonchev–Trinajstić information content (AvgIpc) is 2.10. The lowest BCUT2D eigenvalue weighted by Gasteiger charge is -2.29. The zero-order valence-electron chi connectivity index (χ0n) is 10.3. The molecular formula is C9H12F6N2O3. The molecule has 0 aromatic heterocycles. The van der Waals surface area contributed by atoms with E-state index in [1.54, 1.807) is 5.32 Å². The molecule has 11 heteroatoms. The van der Waals surface area contributed by atoms with Crippen LogP contribution in [0.5, 0.6) is 0 Å². The summed E-state index contributed by atoms with van der Waals surface area (Å²) in [5.74, 6) is -2.39. The molecule has 118 valence electrons. The van der Waals surface area contributed by atoms with Gasteiger partial charge in [0.1, 0.15) is 0 Å². The monoisotopic (exact) mass is 310 g/mol. The second-order valence-corrected chi connectivity index (χ2v) is 4.25. The molecule has 20 heavy (non-hydrogen) atoms. The molecule has 2 atom stereocenters. The first-order valence-corrected chi connectivity index (χ1v) is 5.14. The molecule has 5 nitrogen and oxygen atoms in total. The van der Waals surface area contributed by atoms with E-state index in [1.807, 2.05) is 0 Å². The molecule has 0 aromatic rings. The number of amides is 2. The molecule has 0 saturated heterocycles. The Labute approximate surface area is 109 Å². The highest BCUT2D eigenvalue weighted by Gasteiger charge is 2.58. The van der Waals surface area contributed by atoms with Crippen LogP contribution in [-0.2, 0) is 4.79 Å². The number of alkyl halides is 6. The fraction of sp³-hybridized carbons (Fsp3) is 0.778. The van der Waals surface area contributed by atoms with Crippen LogP contribution < -0.4 is 10.6 Å². The number of carboxylic acid groups (broad SMARTS) is 1. The van der Waals surface area contributed by atoms with Crippen LogP contribution in [0.15, 0.2) is 0 Å². The summed E-state index contributed by atoms with van der Waals surface area (Å²) in [7, 11) is 0. The summed E-state index contributed by atoms with van der Waals surface area (Å²) >= 11 is 0. The summed E-state index contributed by atoms with van der Waals surface area (Å²) in [6.07, 6.45) is -11.4. The Morgan fingerprint density at radius 1 is 1.15 bits per heavy atom. The predicted molar refractivity (Wildman–Crippen MR) is 53.9 cm³/mol. The minimum Gasteiger partial charge on any atom is -0.479 e. The molecule has 0 spiro atoms. The molecule has 0 fully saturated rings. The lowest BCUT2D eigenvalue weighted by molar-refractivity contribution is -0.203. The van der Waals surface area contributed by atoms with Crippen LogP contribution in [0.1, 0.15) is 20.3 Å². The Morgan fingerprint density at radius 3 is 1.90 bits per heavy atom. The molecular weight excluding hydrogens is 298 g/mol. The van der Waals surface area contributed by atoms with E-state index in [-0.39, 0.29) is 6.92 Å². The van der Waals surface area contributed by atoms with E-state index in [0.29, 0.717) is 0 Å². The Morgan fingerprint density at radius 2 is 1.60 bits per heavy atom. The third-order valence-corrected chi connectivity index (χ3v) is 2.27.